The number of amides is 1. The molecule has 6 heteroatoms. The third-order valence-corrected chi connectivity index (χ3v) is 4.20. The van der Waals surface area contributed by atoms with Gasteiger partial charge in [-0.15, -0.1) is 0 Å². The van der Waals surface area contributed by atoms with Crippen LogP contribution in [0.25, 0.3) is 0 Å². The molecule has 3 heterocycles. The van der Waals surface area contributed by atoms with Crippen molar-refractivity contribution in [1.29, 1.82) is 0 Å². The molecule has 2 fully saturated rings. The van der Waals surface area contributed by atoms with Gasteiger partial charge in [0.25, 0.3) is 5.91 Å². The van der Waals surface area contributed by atoms with Gasteiger partial charge in [-0.2, -0.15) is 0 Å². The van der Waals surface area contributed by atoms with Gasteiger partial charge < -0.3 is 19.1 Å². The SMILES string of the molecule is O=C(c1ccon1)N1CCCO[C@@H](CN2CCCCC2)C1. The summed E-state index contributed by atoms with van der Waals surface area (Å²) in [6, 6.07) is 1.62. The first-order valence-electron chi connectivity index (χ1n) is 7.86. The van der Waals surface area contributed by atoms with Crippen LogP contribution in [0, 0.1) is 0 Å². The molecule has 2 saturated heterocycles. The summed E-state index contributed by atoms with van der Waals surface area (Å²) in [5.74, 6) is -0.0575. The van der Waals surface area contributed by atoms with Gasteiger partial charge in [0.1, 0.15) is 6.26 Å². The summed E-state index contributed by atoms with van der Waals surface area (Å²) in [7, 11) is 0. The van der Waals surface area contributed by atoms with Crippen LogP contribution < -0.4 is 0 Å². The smallest absolute Gasteiger partial charge is 0.276 e. The molecule has 2 aliphatic rings. The molecule has 0 bridgehead atoms. The Bertz CT molecular complexity index is 443. The van der Waals surface area contributed by atoms with Crippen LogP contribution in [-0.2, 0) is 4.74 Å². The van der Waals surface area contributed by atoms with E-state index < -0.39 is 0 Å². The van der Waals surface area contributed by atoms with Gasteiger partial charge in [0.05, 0.1) is 6.10 Å². The molecule has 1 aromatic heterocycles. The fourth-order valence-corrected chi connectivity index (χ4v) is 3.10. The predicted octanol–water partition coefficient (Wildman–Crippen LogP) is 1.39. The highest BCUT2D eigenvalue weighted by Crippen LogP contribution is 2.14. The lowest BCUT2D eigenvalue weighted by Gasteiger charge is -2.31. The van der Waals surface area contributed by atoms with Crippen molar-refractivity contribution in [2.24, 2.45) is 0 Å². The van der Waals surface area contributed by atoms with Gasteiger partial charge in [-0.25, -0.2) is 0 Å². The molecule has 0 saturated carbocycles. The first-order valence-corrected chi connectivity index (χ1v) is 7.86. The van der Waals surface area contributed by atoms with Crippen molar-refractivity contribution in [2.45, 2.75) is 31.8 Å². The molecule has 0 radical (unpaired) electrons. The van der Waals surface area contributed by atoms with Crippen LogP contribution in [0.2, 0.25) is 0 Å². The highest BCUT2D eigenvalue weighted by molar-refractivity contribution is 5.92. The molecule has 1 atom stereocenters. The second-order valence-electron chi connectivity index (χ2n) is 5.84. The molecule has 0 spiro atoms. The van der Waals surface area contributed by atoms with E-state index in [0.29, 0.717) is 12.2 Å². The van der Waals surface area contributed by atoms with Crippen molar-refractivity contribution < 1.29 is 14.1 Å². The third kappa shape index (κ3) is 3.83. The number of ether oxygens (including phenoxy) is 1. The first kappa shape index (κ1) is 14.5. The van der Waals surface area contributed by atoms with Crippen LogP contribution in [-0.4, -0.2) is 66.3 Å². The molecule has 0 aromatic carbocycles. The summed E-state index contributed by atoms with van der Waals surface area (Å²) in [4.78, 5) is 16.7. The zero-order valence-electron chi connectivity index (χ0n) is 12.4. The summed E-state index contributed by atoms with van der Waals surface area (Å²) in [5.41, 5.74) is 0.383. The van der Waals surface area contributed by atoms with E-state index in [4.69, 9.17) is 9.26 Å². The first-order chi connectivity index (χ1) is 10.3. The molecule has 1 aromatic rings. The van der Waals surface area contributed by atoms with E-state index in [1.165, 1.54) is 25.5 Å². The fraction of sp³-hybridized carbons (Fsp3) is 0.733. The number of nitrogens with zero attached hydrogens (tertiary/aromatic N) is 3. The van der Waals surface area contributed by atoms with Gasteiger partial charge in [0, 0.05) is 32.3 Å². The maximum atomic E-state index is 12.4. The normalized spacial score (nSPS) is 24.8. The van der Waals surface area contributed by atoms with Crippen molar-refractivity contribution in [3.63, 3.8) is 0 Å². The number of rotatable bonds is 3. The fourth-order valence-electron chi connectivity index (χ4n) is 3.10. The monoisotopic (exact) mass is 293 g/mol. The minimum absolute atomic E-state index is 0.0575. The Labute approximate surface area is 125 Å². The van der Waals surface area contributed by atoms with E-state index in [0.717, 1.165) is 39.2 Å². The summed E-state index contributed by atoms with van der Waals surface area (Å²) >= 11 is 0. The highest BCUT2D eigenvalue weighted by Gasteiger charge is 2.26. The minimum Gasteiger partial charge on any atom is -0.375 e. The number of carbonyl (C=O) groups excluding carboxylic acids is 1. The number of piperidine rings is 1. The quantitative estimate of drug-likeness (QED) is 0.843. The molecule has 116 valence electrons. The van der Waals surface area contributed by atoms with Crippen LogP contribution in [0.15, 0.2) is 16.9 Å². The molecule has 21 heavy (non-hydrogen) atoms. The Morgan fingerprint density at radius 1 is 1.24 bits per heavy atom. The van der Waals surface area contributed by atoms with E-state index in [-0.39, 0.29) is 12.0 Å². The van der Waals surface area contributed by atoms with Crippen LogP contribution >= 0.6 is 0 Å². The number of hydrogen-bond donors (Lipinski definition) is 0. The molecule has 6 nitrogen and oxygen atoms in total. The van der Waals surface area contributed by atoms with Crippen LogP contribution in [0.4, 0.5) is 0 Å². The van der Waals surface area contributed by atoms with Gasteiger partial charge in [-0.3, -0.25) is 4.79 Å². The number of carbonyl (C=O) groups is 1. The highest BCUT2D eigenvalue weighted by atomic mass is 16.5. The third-order valence-electron chi connectivity index (χ3n) is 4.20. The van der Waals surface area contributed by atoms with Gasteiger partial charge in [-0.1, -0.05) is 11.6 Å². The van der Waals surface area contributed by atoms with Crippen molar-refractivity contribution in [3.05, 3.63) is 18.0 Å². The Hall–Kier alpha value is -1.40. The van der Waals surface area contributed by atoms with Crippen LogP contribution in [0.5, 0.6) is 0 Å². The van der Waals surface area contributed by atoms with E-state index in [1.807, 2.05) is 4.90 Å². The van der Waals surface area contributed by atoms with Crippen LogP contribution in [0.1, 0.15) is 36.2 Å². The predicted molar refractivity (Wildman–Crippen MR) is 77.1 cm³/mol. The molecular formula is C15H23N3O3. The van der Waals surface area contributed by atoms with Gasteiger partial charge in [0.15, 0.2) is 5.69 Å². The van der Waals surface area contributed by atoms with E-state index >= 15 is 0 Å². The van der Waals surface area contributed by atoms with E-state index in [2.05, 4.69) is 10.1 Å². The Kier molecular flexibility index (Phi) is 4.87. The summed E-state index contributed by atoms with van der Waals surface area (Å²) in [6.07, 6.45) is 6.29. The van der Waals surface area contributed by atoms with Gasteiger partial charge >= 0.3 is 0 Å². The second-order valence-corrected chi connectivity index (χ2v) is 5.84. The summed E-state index contributed by atoms with van der Waals surface area (Å²) in [5, 5.41) is 3.75. The molecular weight excluding hydrogens is 270 g/mol. The van der Waals surface area contributed by atoms with Crippen LogP contribution in [0.3, 0.4) is 0 Å². The molecule has 0 N–H and O–H groups in total. The average Bonchev–Trinajstić information content (AvgIpc) is 2.95. The number of aromatic nitrogens is 1. The van der Waals surface area contributed by atoms with E-state index in [9.17, 15) is 4.79 Å². The number of likely N-dealkylation sites (tertiary alicyclic amines) is 1. The zero-order chi connectivity index (χ0) is 14.5. The summed E-state index contributed by atoms with van der Waals surface area (Å²) < 4.78 is 10.7. The van der Waals surface area contributed by atoms with Crippen molar-refractivity contribution in [1.82, 2.24) is 15.0 Å². The Morgan fingerprint density at radius 2 is 2.10 bits per heavy atom. The molecule has 0 unspecified atom stereocenters. The lowest BCUT2D eigenvalue weighted by Crippen LogP contribution is -2.43. The lowest BCUT2D eigenvalue weighted by atomic mass is 10.1. The lowest BCUT2D eigenvalue weighted by molar-refractivity contribution is 0.0215. The Morgan fingerprint density at radius 3 is 2.86 bits per heavy atom. The van der Waals surface area contributed by atoms with Gasteiger partial charge in [-0.05, 0) is 32.4 Å². The zero-order valence-corrected chi connectivity index (χ0v) is 12.4. The van der Waals surface area contributed by atoms with E-state index in [1.54, 1.807) is 6.07 Å². The largest absolute Gasteiger partial charge is 0.375 e. The van der Waals surface area contributed by atoms with Crippen molar-refractivity contribution >= 4 is 5.91 Å². The maximum Gasteiger partial charge on any atom is 0.276 e. The topological polar surface area (TPSA) is 58.8 Å². The Balaban J connectivity index is 1.59. The summed E-state index contributed by atoms with van der Waals surface area (Å²) in [6.45, 7) is 5.31. The molecule has 0 aliphatic carbocycles. The second kappa shape index (κ2) is 7.04. The molecule has 1 amide bonds. The standard InChI is InChI=1S/C15H23N3O3/c19-15(14-5-10-21-16-14)18-8-4-9-20-13(12-18)11-17-6-2-1-3-7-17/h5,10,13H,1-4,6-9,11-12H2/t13-/m0/s1. The molecule has 2 aliphatic heterocycles. The average molecular weight is 293 g/mol. The van der Waals surface area contributed by atoms with Gasteiger partial charge in [0.2, 0.25) is 0 Å². The van der Waals surface area contributed by atoms with Crippen molar-refractivity contribution in [3.8, 4) is 0 Å². The number of hydrogen-bond acceptors (Lipinski definition) is 5. The maximum absolute atomic E-state index is 12.4. The van der Waals surface area contributed by atoms with Crippen molar-refractivity contribution in [2.75, 3.05) is 39.3 Å². The molecule has 3 rings (SSSR count). The minimum atomic E-state index is -0.0575.